The van der Waals surface area contributed by atoms with Gasteiger partial charge in [0.1, 0.15) is 0 Å². The topological polar surface area (TPSA) is 113 Å². The molecule has 2 amide bonds. The Morgan fingerprint density at radius 3 is 2.58 bits per heavy atom. The van der Waals surface area contributed by atoms with Gasteiger partial charge in [0.05, 0.1) is 22.7 Å². The lowest BCUT2D eigenvalue weighted by atomic mass is 10.0. The Morgan fingerprint density at radius 1 is 1.21 bits per heavy atom. The molecule has 2 saturated carbocycles. The quantitative estimate of drug-likeness (QED) is 0.615. The minimum absolute atomic E-state index is 0.0702. The van der Waals surface area contributed by atoms with Crippen LogP contribution in [0.5, 0.6) is 0 Å². The third kappa shape index (κ3) is 4.48. The first-order chi connectivity index (χ1) is 15.6. The van der Waals surface area contributed by atoms with Crippen molar-refractivity contribution < 1.29 is 18.0 Å². The molecule has 2 heterocycles. The Bertz CT molecular complexity index is 1240. The second-order valence-electron chi connectivity index (χ2n) is 9.62. The maximum Gasteiger partial charge on any atom is 0.256 e. The van der Waals surface area contributed by atoms with E-state index in [1.54, 1.807) is 23.9 Å². The van der Waals surface area contributed by atoms with E-state index in [4.69, 9.17) is 0 Å². The lowest BCUT2D eigenvalue weighted by Crippen LogP contribution is -2.35. The van der Waals surface area contributed by atoms with E-state index < -0.39 is 10.0 Å². The fourth-order valence-corrected chi connectivity index (χ4v) is 6.19. The highest BCUT2D eigenvalue weighted by atomic mass is 32.2. The first-order valence-electron chi connectivity index (χ1n) is 11.4. The molecule has 3 aliphatic rings. The third-order valence-electron chi connectivity index (χ3n) is 6.73. The molecule has 176 valence electrons. The van der Waals surface area contributed by atoms with Crippen molar-refractivity contribution >= 4 is 33.3 Å². The minimum atomic E-state index is -3.58. The molecule has 1 aromatic carbocycles. The van der Waals surface area contributed by atoms with Crippen LogP contribution in [-0.2, 0) is 28.4 Å². The molecule has 1 aromatic heterocycles. The zero-order valence-electron chi connectivity index (χ0n) is 19.1. The van der Waals surface area contributed by atoms with Crippen molar-refractivity contribution in [1.82, 2.24) is 14.7 Å². The number of benzene rings is 1. The van der Waals surface area contributed by atoms with Crippen LogP contribution >= 0.6 is 0 Å². The van der Waals surface area contributed by atoms with E-state index in [0.29, 0.717) is 35.2 Å². The third-order valence-corrected chi connectivity index (χ3v) is 8.17. The molecule has 10 heteroatoms. The Balaban J connectivity index is 1.55. The summed E-state index contributed by atoms with van der Waals surface area (Å²) in [5, 5.41) is 7.00. The lowest BCUT2D eigenvalue weighted by molar-refractivity contribution is -0.114. The predicted molar refractivity (Wildman–Crippen MR) is 125 cm³/mol. The maximum atomic E-state index is 13.4. The lowest BCUT2D eigenvalue weighted by Gasteiger charge is -2.24. The molecule has 2 aromatic rings. The number of aryl methyl sites for hydroxylation is 1. The van der Waals surface area contributed by atoms with Crippen LogP contribution in [0.2, 0.25) is 0 Å². The number of anilines is 2. The standard InChI is InChI=1S/C23H29N5O4S/c1-13(16-6-7-16)28-11-18-8-17(20-10-21(24-14(2)29)25-27(20)3)9-19(22(18)23(28)30)26-33(31,32)12-15-4-5-15/h8-10,13,15-16,26H,4-7,11-12H2,1-3H3,(H,24,25,29)/t13-/m0/s1. The van der Waals surface area contributed by atoms with E-state index in [-0.39, 0.29) is 29.5 Å². The fraction of sp³-hybridized carbons (Fsp3) is 0.522. The second kappa shape index (κ2) is 7.86. The van der Waals surface area contributed by atoms with Gasteiger partial charge < -0.3 is 10.2 Å². The SMILES string of the molecule is CC(=O)Nc1cc(-c2cc3c(c(NS(=O)(=O)CC4CC4)c2)C(=O)N([C@@H](C)C2CC2)C3)n(C)n1. The van der Waals surface area contributed by atoms with Gasteiger partial charge in [-0.1, -0.05) is 0 Å². The summed E-state index contributed by atoms with van der Waals surface area (Å²) in [5.41, 5.74) is 3.01. The number of carbonyl (C=O) groups excluding carboxylic acids is 2. The number of amides is 2. The number of aromatic nitrogens is 2. The molecule has 2 N–H and O–H groups in total. The van der Waals surface area contributed by atoms with Crippen molar-refractivity contribution in [3.05, 3.63) is 29.3 Å². The van der Waals surface area contributed by atoms with E-state index in [1.165, 1.54) is 6.92 Å². The van der Waals surface area contributed by atoms with Gasteiger partial charge in [0.25, 0.3) is 5.91 Å². The highest BCUT2D eigenvalue weighted by Gasteiger charge is 2.40. The predicted octanol–water partition coefficient (Wildman–Crippen LogP) is 2.95. The van der Waals surface area contributed by atoms with Crippen LogP contribution in [0.3, 0.4) is 0 Å². The van der Waals surface area contributed by atoms with E-state index in [0.717, 1.165) is 36.8 Å². The van der Waals surface area contributed by atoms with Crippen LogP contribution in [0.15, 0.2) is 18.2 Å². The number of nitrogens with one attached hydrogen (secondary N) is 2. The fourth-order valence-electron chi connectivity index (χ4n) is 4.65. The summed E-state index contributed by atoms with van der Waals surface area (Å²) in [5.74, 6) is 0.840. The van der Waals surface area contributed by atoms with E-state index in [9.17, 15) is 18.0 Å². The molecular weight excluding hydrogens is 442 g/mol. The molecule has 2 fully saturated rings. The van der Waals surface area contributed by atoms with Crippen LogP contribution in [0.25, 0.3) is 11.3 Å². The Hall–Kier alpha value is -2.88. The zero-order chi connectivity index (χ0) is 23.5. The monoisotopic (exact) mass is 471 g/mol. The number of fused-ring (bicyclic) bond motifs is 1. The first-order valence-corrected chi connectivity index (χ1v) is 13.1. The molecule has 0 unspecified atom stereocenters. The number of sulfonamides is 1. The summed E-state index contributed by atoms with van der Waals surface area (Å²) in [7, 11) is -1.82. The van der Waals surface area contributed by atoms with Crippen molar-refractivity contribution in [1.29, 1.82) is 0 Å². The number of carbonyl (C=O) groups is 2. The molecule has 0 bridgehead atoms. The van der Waals surface area contributed by atoms with Crippen LogP contribution < -0.4 is 10.0 Å². The van der Waals surface area contributed by atoms with Gasteiger partial charge in [-0.15, -0.1) is 0 Å². The number of hydrogen-bond donors (Lipinski definition) is 2. The van der Waals surface area contributed by atoms with Gasteiger partial charge in [-0.2, -0.15) is 5.10 Å². The van der Waals surface area contributed by atoms with Gasteiger partial charge in [0, 0.05) is 38.2 Å². The molecule has 1 aliphatic heterocycles. The summed E-state index contributed by atoms with van der Waals surface area (Å²) < 4.78 is 30.0. The van der Waals surface area contributed by atoms with Crippen LogP contribution in [0.1, 0.15) is 55.5 Å². The smallest absolute Gasteiger partial charge is 0.256 e. The van der Waals surface area contributed by atoms with Crippen LogP contribution in [0, 0.1) is 11.8 Å². The second-order valence-corrected chi connectivity index (χ2v) is 11.4. The number of hydrogen-bond acceptors (Lipinski definition) is 5. The molecule has 1 atom stereocenters. The molecule has 9 nitrogen and oxygen atoms in total. The minimum Gasteiger partial charge on any atom is -0.331 e. The molecule has 0 saturated heterocycles. The first kappa shape index (κ1) is 21.9. The van der Waals surface area contributed by atoms with Crippen molar-refractivity contribution in [3.8, 4) is 11.3 Å². The Morgan fingerprint density at radius 2 is 1.94 bits per heavy atom. The largest absolute Gasteiger partial charge is 0.331 e. The van der Waals surface area contributed by atoms with E-state index in [1.807, 2.05) is 11.0 Å². The van der Waals surface area contributed by atoms with Crippen LogP contribution in [0.4, 0.5) is 11.5 Å². The molecule has 0 spiro atoms. The van der Waals surface area contributed by atoms with Gasteiger partial charge in [0.15, 0.2) is 5.82 Å². The highest BCUT2D eigenvalue weighted by Crippen LogP contribution is 2.41. The van der Waals surface area contributed by atoms with E-state index >= 15 is 0 Å². The van der Waals surface area contributed by atoms with Crippen molar-refractivity contribution in [2.75, 3.05) is 15.8 Å². The number of nitrogens with zero attached hydrogens (tertiary/aromatic N) is 3. The van der Waals surface area contributed by atoms with Crippen molar-refractivity contribution in [2.45, 2.75) is 52.1 Å². The van der Waals surface area contributed by atoms with Gasteiger partial charge >= 0.3 is 0 Å². The van der Waals surface area contributed by atoms with Gasteiger partial charge in [0.2, 0.25) is 15.9 Å². The van der Waals surface area contributed by atoms with Crippen molar-refractivity contribution in [3.63, 3.8) is 0 Å². The normalized spacial score (nSPS) is 18.9. The molecule has 2 aliphatic carbocycles. The zero-order valence-corrected chi connectivity index (χ0v) is 19.9. The summed E-state index contributed by atoms with van der Waals surface area (Å²) in [6, 6.07) is 5.50. The van der Waals surface area contributed by atoms with Crippen LogP contribution in [-0.4, -0.2) is 46.7 Å². The van der Waals surface area contributed by atoms with Crippen molar-refractivity contribution in [2.24, 2.45) is 18.9 Å². The van der Waals surface area contributed by atoms with Gasteiger partial charge in [-0.05, 0) is 62.1 Å². The maximum absolute atomic E-state index is 13.4. The summed E-state index contributed by atoms with van der Waals surface area (Å²) in [4.78, 5) is 26.7. The summed E-state index contributed by atoms with van der Waals surface area (Å²) in [6.07, 6.45) is 4.08. The molecule has 0 radical (unpaired) electrons. The molecular formula is C23H29N5O4S. The molecule has 5 rings (SSSR count). The Labute approximate surface area is 193 Å². The molecule has 33 heavy (non-hydrogen) atoms. The Kier molecular flexibility index (Phi) is 5.23. The highest BCUT2D eigenvalue weighted by molar-refractivity contribution is 7.92. The van der Waals surface area contributed by atoms with Gasteiger partial charge in [-0.3, -0.25) is 19.0 Å². The average Bonchev–Trinajstić information content (AvgIpc) is 3.63. The van der Waals surface area contributed by atoms with Gasteiger partial charge in [-0.25, -0.2) is 8.42 Å². The number of rotatable bonds is 8. The average molecular weight is 472 g/mol. The van der Waals surface area contributed by atoms with E-state index in [2.05, 4.69) is 22.1 Å². The summed E-state index contributed by atoms with van der Waals surface area (Å²) >= 11 is 0. The summed E-state index contributed by atoms with van der Waals surface area (Å²) in [6.45, 7) is 3.94.